The minimum Gasteiger partial charge on any atom is -0.468 e. The lowest BCUT2D eigenvalue weighted by Crippen LogP contribution is -2.22. The molecular formula is C16H18O4S. The molecule has 0 amide bonds. The van der Waals surface area contributed by atoms with Gasteiger partial charge in [0.25, 0.3) is 0 Å². The number of carbonyl (C=O) groups is 3. The van der Waals surface area contributed by atoms with Gasteiger partial charge in [0.1, 0.15) is 11.7 Å². The zero-order chi connectivity index (χ0) is 15.7. The number of thioether (sulfide) groups is 1. The smallest absolute Gasteiger partial charge is 0.316 e. The van der Waals surface area contributed by atoms with Crippen molar-refractivity contribution in [3.63, 3.8) is 0 Å². The Morgan fingerprint density at radius 1 is 1.19 bits per heavy atom. The van der Waals surface area contributed by atoms with Gasteiger partial charge in [-0.1, -0.05) is 42.1 Å². The van der Waals surface area contributed by atoms with E-state index in [4.69, 9.17) is 0 Å². The fraction of sp³-hybridized carbons (Fsp3) is 0.312. The Morgan fingerprint density at radius 2 is 1.86 bits per heavy atom. The second-order valence-electron chi connectivity index (χ2n) is 4.38. The fourth-order valence-corrected chi connectivity index (χ4v) is 2.38. The first-order chi connectivity index (χ1) is 10.0. The van der Waals surface area contributed by atoms with E-state index in [0.29, 0.717) is 0 Å². The predicted molar refractivity (Wildman–Crippen MR) is 81.9 cm³/mol. The molecule has 21 heavy (non-hydrogen) atoms. The number of hydrogen-bond donors (Lipinski definition) is 0. The topological polar surface area (TPSA) is 60.4 Å². The molecule has 0 spiro atoms. The van der Waals surface area contributed by atoms with E-state index in [1.54, 1.807) is 12.2 Å². The molecule has 1 unspecified atom stereocenters. The highest BCUT2D eigenvalue weighted by Crippen LogP contribution is 2.19. The Morgan fingerprint density at radius 3 is 2.43 bits per heavy atom. The summed E-state index contributed by atoms with van der Waals surface area (Å²) in [5.41, 5.74) is 0. The molecule has 1 rings (SSSR count). The van der Waals surface area contributed by atoms with Crippen molar-refractivity contribution in [3.8, 4) is 0 Å². The highest BCUT2D eigenvalue weighted by Gasteiger charge is 2.22. The Bertz CT molecular complexity index is 522. The summed E-state index contributed by atoms with van der Waals surface area (Å²) in [6, 6.07) is 9.38. The lowest BCUT2D eigenvalue weighted by atomic mass is 10.0. The summed E-state index contributed by atoms with van der Waals surface area (Å²) >= 11 is 1.17. The van der Waals surface area contributed by atoms with Crippen LogP contribution < -0.4 is 0 Å². The number of ether oxygens (including phenoxy) is 1. The summed E-state index contributed by atoms with van der Waals surface area (Å²) in [6.07, 6.45) is 3.86. The maximum Gasteiger partial charge on any atom is 0.316 e. The van der Waals surface area contributed by atoms with E-state index in [-0.39, 0.29) is 23.7 Å². The van der Waals surface area contributed by atoms with Crippen LogP contribution in [0.25, 0.3) is 0 Å². The molecule has 0 saturated carbocycles. The molecule has 0 heterocycles. The third kappa shape index (κ3) is 6.40. The van der Waals surface area contributed by atoms with E-state index in [1.807, 2.05) is 30.3 Å². The van der Waals surface area contributed by atoms with Gasteiger partial charge in [-0.25, -0.2) is 0 Å². The Hall–Kier alpha value is -1.88. The van der Waals surface area contributed by atoms with Crippen molar-refractivity contribution in [1.82, 2.24) is 0 Å². The summed E-state index contributed by atoms with van der Waals surface area (Å²) < 4.78 is 4.57. The number of esters is 1. The van der Waals surface area contributed by atoms with Crippen LogP contribution in [0.15, 0.2) is 47.4 Å². The van der Waals surface area contributed by atoms with Gasteiger partial charge >= 0.3 is 5.97 Å². The van der Waals surface area contributed by atoms with Gasteiger partial charge in [-0.15, -0.1) is 0 Å². The minimum atomic E-state index is -0.789. The molecule has 0 aromatic heterocycles. The molecule has 1 aromatic carbocycles. The first-order valence-electron chi connectivity index (χ1n) is 6.53. The van der Waals surface area contributed by atoms with Crippen molar-refractivity contribution in [1.29, 1.82) is 0 Å². The van der Waals surface area contributed by atoms with Crippen LogP contribution >= 0.6 is 11.8 Å². The summed E-state index contributed by atoms with van der Waals surface area (Å²) in [6.45, 7) is 1.35. The summed E-state index contributed by atoms with van der Waals surface area (Å²) in [5.74, 6) is -1.57. The molecule has 0 saturated heterocycles. The molecule has 0 N–H and O–H groups in total. The number of methoxy groups -OCH3 is 1. The number of hydrogen-bond acceptors (Lipinski definition) is 5. The number of ketones is 1. The van der Waals surface area contributed by atoms with Crippen LogP contribution in [0.1, 0.15) is 19.8 Å². The summed E-state index contributed by atoms with van der Waals surface area (Å²) in [4.78, 5) is 35.3. The van der Waals surface area contributed by atoms with Crippen molar-refractivity contribution >= 4 is 28.6 Å². The molecule has 1 atom stereocenters. The first kappa shape index (κ1) is 17.2. The first-order valence-corrected chi connectivity index (χ1v) is 7.35. The standard InChI is InChI=1S/C16H18O4S/c1-12(17)14(16(19)20-2)10-6-7-11-15(18)21-13-8-4-3-5-9-13/h3-9,14H,10-11H2,1-2H3/b7-6+. The van der Waals surface area contributed by atoms with E-state index < -0.39 is 11.9 Å². The highest BCUT2D eigenvalue weighted by atomic mass is 32.2. The van der Waals surface area contributed by atoms with Crippen LogP contribution in [-0.2, 0) is 19.1 Å². The number of allylic oxidation sites excluding steroid dienone is 2. The molecule has 1 aromatic rings. The van der Waals surface area contributed by atoms with Gasteiger partial charge in [0.2, 0.25) is 0 Å². The molecule has 0 bridgehead atoms. The minimum absolute atomic E-state index is 0.00916. The average molecular weight is 306 g/mol. The van der Waals surface area contributed by atoms with Gasteiger partial charge in [0, 0.05) is 11.3 Å². The molecule has 0 fully saturated rings. The number of benzene rings is 1. The molecule has 0 aliphatic rings. The van der Waals surface area contributed by atoms with Crippen molar-refractivity contribution < 1.29 is 19.1 Å². The summed E-state index contributed by atoms with van der Waals surface area (Å²) in [7, 11) is 1.25. The van der Waals surface area contributed by atoms with Crippen molar-refractivity contribution in [3.05, 3.63) is 42.5 Å². The Labute approximate surface area is 128 Å². The molecule has 0 aliphatic heterocycles. The number of rotatable bonds is 7. The Kier molecular flexibility index (Phi) is 7.46. The third-order valence-electron chi connectivity index (χ3n) is 2.77. The molecule has 0 aliphatic carbocycles. The van der Waals surface area contributed by atoms with Crippen LogP contribution in [0.5, 0.6) is 0 Å². The Balaban J connectivity index is 2.41. The van der Waals surface area contributed by atoms with Crippen molar-refractivity contribution in [2.45, 2.75) is 24.7 Å². The van der Waals surface area contributed by atoms with Gasteiger partial charge in [-0.3, -0.25) is 14.4 Å². The van der Waals surface area contributed by atoms with E-state index in [0.717, 1.165) is 4.90 Å². The summed E-state index contributed by atoms with van der Waals surface area (Å²) in [5, 5.41) is 0.00916. The van der Waals surface area contributed by atoms with E-state index in [1.165, 1.54) is 25.8 Å². The zero-order valence-corrected chi connectivity index (χ0v) is 12.9. The lowest BCUT2D eigenvalue weighted by molar-refractivity contribution is -0.148. The van der Waals surface area contributed by atoms with Gasteiger partial charge in [-0.2, -0.15) is 0 Å². The lowest BCUT2D eigenvalue weighted by Gasteiger charge is -2.07. The highest BCUT2D eigenvalue weighted by molar-refractivity contribution is 8.13. The SMILES string of the molecule is COC(=O)C(C/C=C/CC(=O)Sc1ccccc1)C(C)=O. The second-order valence-corrected chi connectivity index (χ2v) is 5.52. The van der Waals surface area contributed by atoms with Crippen LogP contribution in [0, 0.1) is 5.92 Å². The quantitative estimate of drug-likeness (QED) is 0.335. The number of Topliss-reactive ketones (excluding diaryl/α,β-unsaturated/α-hetero) is 1. The maximum absolute atomic E-state index is 11.7. The van der Waals surface area contributed by atoms with E-state index in [2.05, 4.69) is 4.74 Å². The average Bonchev–Trinajstić information content (AvgIpc) is 2.47. The zero-order valence-electron chi connectivity index (χ0n) is 12.1. The molecule has 4 nitrogen and oxygen atoms in total. The normalized spacial score (nSPS) is 12.1. The van der Waals surface area contributed by atoms with Crippen LogP contribution in [0.4, 0.5) is 0 Å². The third-order valence-corrected chi connectivity index (χ3v) is 3.68. The molecule has 5 heteroatoms. The second kappa shape index (κ2) is 9.13. The van der Waals surface area contributed by atoms with E-state index in [9.17, 15) is 14.4 Å². The van der Waals surface area contributed by atoms with Crippen LogP contribution in [-0.4, -0.2) is 24.0 Å². The van der Waals surface area contributed by atoms with Gasteiger partial charge in [-0.05, 0) is 25.5 Å². The van der Waals surface area contributed by atoms with E-state index >= 15 is 0 Å². The monoisotopic (exact) mass is 306 g/mol. The fourth-order valence-electron chi connectivity index (χ4n) is 1.64. The van der Waals surface area contributed by atoms with Crippen molar-refractivity contribution in [2.24, 2.45) is 5.92 Å². The van der Waals surface area contributed by atoms with Crippen LogP contribution in [0.3, 0.4) is 0 Å². The van der Waals surface area contributed by atoms with Gasteiger partial charge in [0.05, 0.1) is 7.11 Å². The largest absolute Gasteiger partial charge is 0.468 e. The van der Waals surface area contributed by atoms with Crippen LogP contribution in [0.2, 0.25) is 0 Å². The molecule has 112 valence electrons. The number of carbonyl (C=O) groups excluding carboxylic acids is 3. The van der Waals surface area contributed by atoms with Crippen molar-refractivity contribution in [2.75, 3.05) is 7.11 Å². The molecule has 0 radical (unpaired) electrons. The maximum atomic E-state index is 11.7. The van der Waals surface area contributed by atoms with Gasteiger partial charge in [0.15, 0.2) is 5.12 Å². The van der Waals surface area contributed by atoms with Gasteiger partial charge < -0.3 is 4.74 Å². The predicted octanol–water partition coefficient (Wildman–Crippen LogP) is 3.02. The molecular weight excluding hydrogens is 288 g/mol.